The molecule has 0 fully saturated rings. The second-order valence-electron chi connectivity index (χ2n) is 4.42. The molecule has 0 radical (unpaired) electrons. The SMILES string of the molecule is Cc1ccccc1CC(=O)c1c(Cl)cccc1[N+](=O)[O-]. The second kappa shape index (κ2) is 5.84. The van der Waals surface area contributed by atoms with E-state index < -0.39 is 4.92 Å². The van der Waals surface area contributed by atoms with E-state index in [1.54, 1.807) is 0 Å². The van der Waals surface area contributed by atoms with Crippen LogP contribution in [0.15, 0.2) is 42.5 Å². The van der Waals surface area contributed by atoms with Gasteiger partial charge in [-0.15, -0.1) is 0 Å². The van der Waals surface area contributed by atoms with Crippen molar-refractivity contribution in [3.63, 3.8) is 0 Å². The Morgan fingerprint density at radius 2 is 1.90 bits per heavy atom. The highest BCUT2D eigenvalue weighted by molar-refractivity contribution is 6.34. The Balaban J connectivity index is 2.40. The van der Waals surface area contributed by atoms with E-state index in [1.807, 2.05) is 31.2 Å². The van der Waals surface area contributed by atoms with Gasteiger partial charge in [-0.05, 0) is 24.1 Å². The molecule has 20 heavy (non-hydrogen) atoms. The van der Waals surface area contributed by atoms with Crippen molar-refractivity contribution in [2.24, 2.45) is 0 Å². The molecule has 5 heteroatoms. The Hall–Kier alpha value is -2.20. The molecule has 4 nitrogen and oxygen atoms in total. The van der Waals surface area contributed by atoms with Gasteiger partial charge in [-0.2, -0.15) is 0 Å². The maximum Gasteiger partial charge on any atom is 0.281 e. The number of carbonyl (C=O) groups excluding carboxylic acids is 1. The van der Waals surface area contributed by atoms with Crippen molar-refractivity contribution in [2.45, 2.75) is 13.3 Å². The maximum atomic E-state index is 12.3. The van der Waals surface area contributed by atoms with Gasteiger partial charge in [-0.3, -0.25) is 14.9 Å². The van der Waals surface area contributed by atoms with Crippen LogP contribution in [-0.4, -0.2) is 10.7 Å². The van der Waals surface area contributed by atoms with Crippen LogP contribution in [0.5, 0.6) is 0 Å². The van der Waals surface area contributed by atoms with Gasteiger partial charge in [-0.25, -0.2) is 0 Å². The quantitative estimate of drug-likeness (QED) is 0.486. The van der Waals surface area contributed by atoms with Gasteiger partial charge in [0.2, 0.25) is 0 Å². The molecule has 102 valence electrons. The lowest BCUT2D eigenvalue weighted by molar-refractivity contribution is -0.385. The Morgan fingerprint density at radius 3 is 2.55 bits per heavy atom. The number of hydrogen-bond donors (Lipinski definition) is 0. The van der Waals surface area contributed by atoms with E-state index in [4.69, 9.17) is 11.6 Å². The first-order valence-electron chi connectivity index (χ1n) is 6.01. The monoisotopic (exact) mass is 289 g/mol. The predicted octanol–water partition coefficient (Wildman–Crippen LogP) is 3.98. The number of nitro benzene ring substituents is 1. The van der Waals surface area contributed by atoms with Gasteiger partial charge in [0, 0.05) is 12.5 Å². The first kappa shape index (κ1) is 14.2. The zero-order valence-corrected chi connectivity index (χ0v) is 11.6. The van der Waals surface area contributed by atoms with E-state index in [0.717, 1.165) is 11.1 Å². The number of ketones is 1. The molecule has 0 amide bonds. The fourth-order valence-electron chi connectivity index (χ4n) is 2.01. The van der Waals surface area contributed by atoms with Crippen molar-refractivity contribution in [3.8, 4) is 0 Å². The van der Waals surface area contributed by atoms with Gasteiger partial charge in [-0.1, -0.05) is 41.9 Å². The number of benzene rings is 2. The van der Waals surface area contributed by atoms with Crippen molar-refractivity contribution < 1.29 is 9.72 Å². The third kappa shape index (κ3) is 2.86. The Bertz CT molecular complexity index is 683. The third-order valence-electron chi connectivity index (χ3n) is 3.08. The minimum atomic E-state index is -0.586. The molecule has 2 aromatic carbocycles. The third-order valence-corrected chi connectivity index (χ3v) is 3.39. The minimum Gasteiger partial charge on any atom is -0.293 e. The van der Waals surface area contributed by atoms with Crippen LogP contribution >= 0.6 is 11.6 Å². The van der Waals surface area contributed by atoms with E-state index in [1.165, 1.54) is 18.2 Å². The molecule has 0 saturated heterocycles. The van der Waals surface area contributed by atoms with Crippen molar-refractivity contribution >= 4 is 23.1 Å². The largest absolute Gasteiger partial charge is 0.293 e. The number of hydrogen-bond acceptors (Lipinski definition) is 3. The number of carbonyl (C=O) groups is 1. The highest BCUT2D eigenvalue weighted by Crippen LogP contribution is 2.28. The lowest BCUT2D eigenvalue weighted by Gasteiger charge is -2.07. The molecule has 0 heterocycles. The van der Waals surface area contributed by atoms with Crippen molar-refractivity contribution in [1.29, 1.82) is 0 Å². The molecule has 0 aliphatic rings. The second-order valence-corrected chi connectivity index (χ2v) is 4.82. The van der Waals surface area contributed by atoms with Gasteiger partial charge < -0.3 is 0 Å². The molecular weight excluding hydrogens is 278 g/mol. The molecule has 0 spiro atoms. The van der Waals surface area contributed by atoms with Crippen LogP contribution in [0.4, 0.5) is 5.69 Å². The summed E-state index contributed by atoms with van der Waals surface area (Å²) in [5.74, 6) is -0.350. The van der Waals surface area contributed by atoms with E-state index in [0.29, 0.717) is 0 Å². The van der Waals surface area contributed by atoms with Crippen LogP contribution in [-0.2, 0) is 6.42 Å². The molecule has 0 bridgehead atoms. The summed E-state index contributed by atoms with van der Waals surface area (Å²) in [6.45, 7) is 1.89. The van der Waals surface area contributed by atoms with Crippen molar-refractivity contribution in [1.82, 2.24) is 0 Å². The van der Waals surface area contributed by atoms with Crippen molar-refractivity contribution in [2.75, 3.05) is 0 Å². The average Bonchev–Trinajstić information content (AvgIpc) is 2.40. The molecule has 0 atom stereocenters. The van der Waals surface area contributed by atoms with E-state index in [9.17, 15) is 14.9 Å². The van der Waals surface area contributed by atoms with Crippen LogP contribution < -0.4 is 0 Å². The van der Waals surface area contributed by atoms with E-state index in [2.05, 4.69) is 0 Å². The summed E-state index contributed by atoms with van der Waals surface area (Å²) in [7, 11) is 0. The Kier molecular flexibility index (Phi) is 4.15. The lowest BCUT2D eigenvalue weighted by Crippen LogP contribution is -2.08. The summed E-state index contributed by atoms with van der Waals surface area (Å²) in [4.78, 5) is 22.7. The molecule has 2 aromatic rings. The smallest absolute Gasteiger partial charge is 0.281 e. The topological polar surface area (TPSA) is 60.2 Å². The van der Waals surface area contributed by atoms with Gasteiger partial charge >= 0.3 is 0 Å². The van der Waals surface area contributed by atoms with E-state index >= 15 is 0 Å². The average molecular weight is 290 g/mol. The summed E-state index contributed by atoms with van der Waals surface area (Å²) in [5.41, 5.74) is 1.53. The number of nitro groups is 1. The normalized spacial score (nSPS) is 10.3. The molecule has 0 saturated carbocycles. The summed E-state index contributed by atoms with van der Waals surface area (Å²) < 4.78 is 0. The zero-order valence-electron chi connectivity index (χ0n) is 10.8. The van der Waals surface area contributed by atoms with Crippen LogP contribution in [0.1, 0.15) is 21.5 Å². The summed E-state index contributed by atoms with van der Waals surface area (Å²) in [6.07, 6.45) is 0.0945. The van der Waals surface area contributed by atoms with Crippen LogP contribution in [0.25, 0.3) is 0 Å². The molecule has 0 unspecified atom stereocenters. The highest BCUT2D eigenvalue weighted by Gasteiger charge is 2.23. The first-order chi connectivity index (χ1) is 9.50. The zero-order chi connectivity index (χ0) is 14.7. The van der Waals surface area contributed by atoms with Gasteiger partial charge in [0.05, 0.1) is 9.95 Å². The van der Waals surface area contributed by atoms with Crippen molar-refractivity contribution in [3.05, 3.63) is 74.3 Å². The Labute approximate surface area is 121 Å². The summed E-state index contributed by atoms with van der Waals surface area (Å²) >= 11 is 5.95. The molecule has 0 aliphatic heterocycles. The fraction of sp³-hybridized carbons (Fsp3) is 0.133. The van der Waals surface area contributed by atoms with Gasteiger partial charge in [0.25, 0.3) is 5.69 Å². The minimum absolute atomic E-state index is 0.0255. The number of nitrogens with zero attached hydrogens (tertiary/aromatic N) is 1. The standard InChI is InChI=1S/C15H12ClNO3/c1-10-5-2-3-6-11(10)9-14(18)15-12(16)7-4-8-13(15)17(19)20/h2-8H,9H2,1H3. The summed E-state index contributed by atoms with van der Waals surface area (Å²) in [5, 5.41) is 11.1. The number of aryl methyl sites for hydroxylation is 1. The van der Waals surface area contributed by atoms with Crippen LogP contribution in [0.2, 0.25) is 5.02 Å². The number of rotatable bonds is 4. The predicted molar refractivity (Wildman–Crippen MR) is 77.3 cm³/mol. The van der Waals surface area contributed by atoms with Gasteiger partial charge in [0.1, 0.15) is 5.56 Å². The number of Topliss-reactive ketones (excluding diaryl/α,β-unsaturated/α-hetero) is 1. The van der Waals surface area contributed by atoms with Crippen LogP contribution in [0.3, 0.4) is 0 Å². The van der Waals surface area contributed by atoms with Gasteiger partial charge in [0.15, 0.2) is 5.78 Å². The van der Waals surface area contributed by atoms with E-state index in [-0.39, 0.29) is 28.5 Å². The lowest BCUT2D eigenvalue weighted by atomic mass is 9.98. The summed E-state index contributed by atoms with van der Waals surface area (Å²) in [6, 6.07) is 11.7. The molecular formula is C15H12ClNO3. The molecule has 2 rings (SSSR count). The molecule has 0 aromatic heterocycles. The molecule has 0 N–H and O–H groups in total. The highest BCUT2D eigenvalue weighted by atomic mass is 35.5. The Morgan fingerprint density at radius 1 is 1.20 bits per heavy atom. The maximum absolute atomic E-state index is 12.3. The molecule has 0 aliphatic carbocycles. The first-order valence-corrected chi connectivity index (χ1v) is 6.39. The fourth-order valence-corrected chi connectivity index (χ4v) is 2.29. The number of halogens is 1. The van der Waals surface area contributed by atoms with Crippen LogP contribution in [0, 0.1) is 17.0 Å².